The Morgan fingerprint density at radius 2 is 1.36 bits per heavy atom. The maximum Gasteiger partial charge on any atom is 0.307 e. The van der Waals surface area contributed by atoms with Crippen LogP contribution in [0.4, 0.5) is 0 Å². The Kier molecular flexibility index (Phi) is 6.63. The van der Waals surface area contributed by atoms with E-state index in [1.807, 2.05) is 31.2 Å². The fraction of sp³-hybridized carbons (Fsp3) is 0.176. The molecule has 0 saturated heterocycles. The Balaban J connectivity index is 0.000000220. The predicted octanol–water partition coefficient (Wildman–Crippen LogP) is 2.64. The van der Waals surface area contributed by atoms with Crippen molar-refractivity contribution < 1.29 is 24.9 Å². The lowest BCUT2D eigenvalue weighted by Crippen LogP contribution is -1.99. The lowest BCUT2D eigenvalue weighted by molar-refractivity contribution is -0.137. The normalized spacial score (nSPS) is 9.50. The molecule has 2 rings (SSSR count). The molecule has 0 saturated carbocycles. The van der Waals surface area contributed by atoms with Crippen molar-refractivity contribution in [2.24, 2.45) is 0 Å². The SMILES string of the molecule is Cc1cccc(CC(=O)O)c1.O=C(O)Cc1cccc(O)c1. The summed E-state index contributed by atoms with van der Waals surface area (Å²) < 4.78 is 0. The fourth-order valence-electron chi connectivity index (χ4n) is 1.84. The van der Waals surface area contributed by atoms with E-state index in [1.165, 1.54) is 12.1 Å². The first kappa shape index (κ1) is 17.2. The number of phenols is 1. The molecule has 0 bridgehead atoms. The van der Waals surface area contributed by atoms with Gasteiger partial charge in [-0.15, -0.1) is 0 Å². The number of benzene rings is 2. The Labute approximate surface area is 128 Å². The molecular formula is C17H18O5. The molecule has 22 heavy (non-hydrogen) atoms. The molecule has 2 aromatic carbocycles. The van der Waals surface area contributed by atoms with E-state index < -0.39 is 11.9 Å². The molecular weight excluding hydrogens is 284 g/mol. The second-order valence-corrected chi connectivity index (χ2v) is 4.80. The predicted molar refractivity (Wildman–Crippen MR) is 82.0 cm³/mol. The molecule has 0 atom stereocenters. The van der Waals surface area contributed by atoms with Gasteiger partial charge in [0.1, 0.15) is 5.75 Å². The number of hydrogen-bond acceptors (Lipinski definition) is 3. The van der Waals surface area contributed by atoms with Gasteiger partial charge >= 0.3 is 11.9 Å². The summed E-state index contributed by atoms with van der Waals surface area (Å²) in [6.45, 7) is 1.95. The van der Waals surface area contributed by atoms with Crippen molar-refractivity contribution in [3.63, 3.8) is 0 Å². The number of carboxylic acids is 2. The van der Waals surface area contributed by atoms with Gasteiger partial charge in [0.25, 0.3) is 0 Å². The van der Waals surface area contributed by atoms with Crippen molar-refractivity contribution in [2.75, 3.05) is 0 Å². The quantitative estimate of drug-likeness (QED) is 0.807. The molecule has 5 nitrogen and oxygen atoms in total. The number of rotatable bonds is 4. The number of phenolic OH excluding ortho intramolecular Hbond substituents is 1. The number of carbonyl (C=O) groups is 2. The topological polar surface area (TPSA) is 94.8 Å². The molecule has 2 aromatic rings. The number of aryl methyl sites for hydroxylation is 1. The zero-order chi connectivity index (χ0) is 16.5. The molecule has 0 spiro atoms. The highest BCUT2D eigenvalue weighted by Gasteiger charge is 1.99. The molecule has 0 aliphatic rings. The average molecular weight is 302 g/mol. The molecule has 116 valence electrons. The van der Waals surface area contributed by atoms with Gasteiger partial charge in [0, 0.05) is 0 Å². The standard InChI is InChI=1S/C9H10O2.C8H8O3/c1-7-3-2-4-8(5-7)6-9(10)11;9-7-3-1-2-6(4-7)5-8(10)11/h2-5H,6H2,1H3,(H,10,11);1-4,9H,5H2,(H,10,11). The first-order valence-electron chi connectivity index (χ1n) is 6.64. The monoisotopic (exact) mass is 302 g/mol. The summed E-state index contributed by atoms with van der Waals surface area (Å²) in [6, 6.07) is 13.7. The first-order chi connectivity index (χ1) is 10.4. The largest absolute Gasteiger partial charge is 0.508 e. The van der Waals surface area contributed by atoms with E-state index in [9.17, 15) is 9.59 Å². The van der Waals surface area contributed by atoms with Crippen molar-refractivity contribution in [1.29, 1.82) is 0 Å². The molecule has 0 radical (unpaired) electrons. The Bertz CT molecular complexity index is 592. The third-order valence-electron chi connectivity index (χ3n) is 2.70. The second kappa shape index (κ2) is 8.46. The Hall–Kier alpha value is -2.82. The summed E-state index contributed by atoms with van der Waals surface area (Å²) in [5.41, 5.74) is 2.57. The molecule has 0 amide bonds. The van der Waals surface area contributed by atoms with E-state index in [2.05, 4.69) is 0 Å². The molecule has 0 aliphatic carbocycles. The van der Waals surface area contributed by atoms with Gasteiger partial charge < -0.3 is 15.3 Å². The maximum absolute atomic E-state index is 10.3. The van der Waals surface area contributed by atoms with Crippen molar-refractivity contribution in [1.82, 2.24) is 0 Å². The minimum absolute atomic E-state index is 0.0472. The summed E-state index contributed by atoms with van der Waals surface area (Å²) in [5, 5.41) is 25.8. The van der Waals surface area contributed by atoms with Gasteiger partial charge in [-0.25, -0.2) is 0 Å². The van der Waals surface area contributed by atoms with Crippen LogP contribution in [0, 0.1) is 6.92 Å². The summed E-state index contributed by atoms with van der Waals surface area (Å²) in [4.78, 5) is 20.5. The molecule has 3 N–H and O–H groups in total. The van der Waals surface area contributed by atoms with Crippen molar-refractivity contribution in [3.8, 4) is 5.75 Å². The molecule has 0 unspecified atom stereocenters. The molecule has 5 heteroatoms. The molecule has 0 fully saturated rings. The molecule has 0 heterocycles. The van der Waals surface area contributed by atoms with Crippen LogP contribution in [0.5, 0.6) is 5.75 Å². The van der Waals surface area contributed by atoms with Crippen LogP contribution < -0.4 is 0 Å². The highest BCUT2D eigenvalue weighted by Crippen LogP contribution is 2.10. The number of aromatic hydroxyl groups is 1. The van der Waals surface area contributed by atoms with Crippen LogP contribution in [0.15, 0.2) is 48.5 Å². The van der Waals surface area contributed by atoms with E-state index in [-0.39, 0.29) is 18.6 Å². The smallest absolute Gasteiger partial charge is 0.307 e. The van der Waals surface area contributed by atoms with Gasteiger partial charge in [0.2, 0.25) is 0 Å². The van der Waals surface area contributed by atoms with E-state index in [0.717, 1.165) is 11.1 Å². The van der Waals surface area contributed by atoms with Crippen LogP contribution in [0.1, 0.15) is 16.7 Å². The third-order valence-corrected chi connectivity index (χ3v) is 2.70. The van der Waals surface area contributed by atoms with E-state index in [1.54, 1.807) is 12.1 Å². The Morgan fingerprint density at radius 3 is 1.82 bits per heavy atom. The third kappa shape index (κ3) is 7.09. The van der Waals surface area contributed by atoms with Crippen molar-refractivity contribution in [3.05, 3.63) is 65.2 Å². The van der Waals surface area contributed by atoms with Gasteiger partial charge in [-0.3, -0.25) is 9.59 Å². The van der Waals surface area contributed by atoms with Gasteiger partial charge in [-0.2, -0.15) is 0 Å². The zero-order valence-corrected chi connectivity index (χ0v) is 12.2. The van der Waals surface area contributed by atoms with Crippen LogP contribution in [-0.2, 0) is 22.4 Å². The van der Waals surface area contributed by atoms with Gasteiger partial charge in [0.05, 0.1) is 12.8 Å². The minimum atomic E-state index is -0.893. The zero-order valence-electron chi connectivity index (χ0n) is 12.2. The lowest BCUT2D eigenvalue weighted by atomic mass is 10.1. The van der Waals surface area contributed by atoms with Gasteiger partial charge in [-0.05, 0) is 30.2 Å². The van der Waals surface area contributed by atoms with Gasteiger partial charge in [-0.1, -0.05) is 42.0 Å². The van der Waals surface area contributed by atoms with Gasteiger partial charge in [0.15, 0.2) is 0 Å². The van der Waals surface area contributed by atoms with Crippen molar-refractivity contribution in [2.45, 2.75) is 19.8 Å². The highest BCUT2D eigenvalue weighted by molar-refractivity contribution is 5.70. The summed E-state index contributed by atoms with van der Waals surface area (Å²) in [6.07, 6.45) is 0.0656. The second-order valence-electron chi connectivity index (χ2n) is 4.80. The number of carboxylic acid groups (broad SMARTS) is 2. The van der Waals surface area contributed by atoms with E-state index >= 15 is 0 Å². The Morgan fingerprint density at radius 1 is 0.864 bits per heavy atom. The molecule has 0 aromatic heterocycles. The maximum atomic E-state index is 10.3. The van der Waals surface area contributed by atoms with Crippen LogP contribution >= 0.6 is 0 Å². The summed E-state index contributed by atoms with van der Waals surface area (Å²) in [5.74, 6) is -1.57. The fourth-order valence-corrected chi connectivity index (χ4v) is 1.84. The van der Waals surface area contributed by atoms with Crippen LogP contribution in [0.2, 0.25) is 0 Å². The van der Waals surface area contributed by atoms with Crippen LogP contribution in [-0.4, -0.2) is 27.3 Å². The van der Waals surface area contributed by atoms with Crippen LogP contribution in [0.3, 0.4) is 0 Å². The minimum Gasteiger partial charge on any atom is -0.508 e. The number of aliphatic carboxylic acids is 2. The summed E-state index contributed by atoms with van der Waals surface area (Å²) >= 11 is 0. The highest BCUT2D eigenvalue weighted by atomic mass is 16.4. The van der Waals surface area contributed by atoms with Crippen molar-refractivity contribution >= 4 is 11.9 Å². The number of hydrogen-bond donors (Lipinski definition) is 3. The first-order valence-corrected chi connectivity index (χ1v) is 6.64. The molecule has 0 aliphatic heterocycles. The summed E-state index contributed by atoms with van der Waals surface area (Å²) in [7, 11) is 0. The lowest BCUT2D eigenvalue weighted by Gasteiger charge is -1.96. The van der Waals surface area contributed by atoms with E-state index in [4.69, 9.17) is 15.3 Å². The van der Waals surface area contributed by atoms with Crippen LogP contribution in [0.25, 0.3) is 0 Å². The van der Waals surface area contributed by atoms with E-state index in [0.29, 0.717) is 5.56 Å². The average Bonchev–Trinajstić information content (AvgIpc) is 2.37.